The van der Waals surface area contributed by atoms with E-state index in [-0.39, 0.29) is 55.7 Å². The predicted octanol–water partition coefficient (Wildman–Crippen LogP) is 21.9. The highest BCUT2D eigenvalue weighted by molar-refractivity contribution is 6.20. The molecule has 8 rings (SSSR count). The van der Waals surface area contributed by atoms with Crippen LogP contribution in [0.1, 0.15) is 178 Å². The summed E-state index contributed by atoms with van der Waals surface area (Å²) in [6.45, 7) is 32.5. The summed E-state index contributed by atoms with van der Waals surface area (Å²) in [6.07, 6.45) is -1.10. The lowest BCUT2D eigenvalue weighted by Gasteiger charge is -2.25. The van der Waals surface area contributed by atoms with E-state index < -0.39 is 12.2 Å². The first-order chi connectivity index (χ1) is 40.9. The Labute approximate surface area is 531 Å². The molecule has 0 heterocycles. The minimum absolute atomic E-state index is 0.0784. The summed E-state index contributed by atoms with van der Waals surface area (Å²) < 4.78 is 78.2. The Balaban J connectivity index is 0.000000214. The molecule has 0 aliphatic heterocycles. The first kappa shape index (κ1) is 71.9. The molecule has 4 atom stereocenters. The van der Waals surface area contributed by atoms with E-state index >= 15 is 0 Å². The van der Waals surface area contributed by atoms with E-state index in [1.165, 1.54) is 24.3 Å². The monoisotopic (exact) mass is 1240 g/mol. The van der Waals surface area contributed by atoms with Gasteiger partial charge in [-0.1, -0.05) is 156 Å². The molecule has 0 saturated carbocycles. The van der Waals surface area contributed by atoms with Crippen molar-refractivity contribution in [2.75, 3.05) is 28.4 Å². The van der Waals surface area contributed by atoms with Crippen molar-refractivity contribution in [1.82, 2.24) is 0 Å². The van der Waals surface area contributed by atoms with Gasteiger partial charge < -0.3 is 29.2 Å². The van der Waals surface area contributed by atoms with Crippen molar-refractivity contribution in [1.29, 1.82) is 0 Å². The molecule has 0 bridgehead atoms. The summed E-state index contributed by atoms with van der Waals surface area (Å²) in [6, 6.07) is 42.4. The van der Waals surface area contributed by atoms with Gasteiger partial charge in [0.25, 0.3) is 0 Å². The number of ether oxygens (including phenoxy) is 4. The zero-order chi connectivity index (χ0) is 66.0. The Kier molecular flexibility index (Phi) is 24.6. The molecule has 88 heavy (non-hydrogen) atoms. The molecule has 0 aliphatic carbocycles. The predicted molar refractivity (Wildman–Crippen MR) is 358 cm³/mol. The van der Waals surface area contributed by atoms with Gasteiger partial charge in [0.2, 0.25) is 0 Å². The van der Waals surface area contributed by atoms with Crippen LogP contribution in [0.15, 0.2) is 146 Å². The number of alkyl halides is 2. The van der Waals surface area contributed by atoms with E-state index in [0.29, 0.717) is 45.3 Å². The molecule has 0 spiro atoms. The second-order valence-electron chi connectivity index (χ2n) is 26.2. The molecule has 0 radical (unpaired) electrons. The molecule has 8 aromatic carbocycles. The first-order valence-electron chi connectivity index (χ1n) is 29.5. The van der Waals surface area contributed by atoms with Gasteiger partial charge in [0.05, 0.1) is 51.4 Å². The standard InChI is InChI=1S/2C19H22ClFO.2C19H23FO2/c2*1-12(20)13-6-8-15(17(10-13)19(2,3)4)16-11-14(22-5)7-9-18(16)21;2*1-12(21)13-6-8-15(17(10-13)19(2,3)4)16-11-14(22-5)7-9-18(16)20/h2*6-12H,1-5H3;2*6-12,21H,1-5H3/t4*12-/m1010/s1. The van der Waals surface area contributed by atoms with Crippen LogP contribution in [0.5, 0.6) is 23.0 Å². The minimum atomic E-state index is -0.551. The van der Waals surface area contributed by atoms with Crippen LogP contribution in [-0.4, -0.2) is 38.7 Å². The van der Waals surface area contributed by atoms with Gasteiger partial charge >= 0.3 is 0 Å². The Hall–Kier alpha value is -6.82. The normalized spacial score (nSPS) is 13.0. The van der Waals surface area contributed by atoms with E-state index in [1.54, 1.807) is 90.8 Å². The molecule has 0 amide bonds. The molecule has 12 heteroatoms. The van der Waals surface area contributed by atoms with Gasteiger partial charge in [-0.3, -0.25) is 0 Å². The van der Waals surface area contributed by atoms with E-state index in [4.69, 9.17) is 42.1 Å². The second kappa shape index (κ2) is 30.1. The van der Waals surface area contributed by atoms with Crippen LogP contribution in [0.3, 0.4) is 0 Å². The van der Waals surface area contributed by atoms with Crippen molar-refractivity contribution in [3.05, 3.63) is 213 Å². The highest BCUT2D eigenvalue weighted by Gasteiger charge is 2.27. The van der Waals surface area contributed by atoms with Gasteiger partial charge in [-0.2, -0.15) is 0 Å². The van der Waals surface area contributed by atoms with Gasteiger partial charge in [0, 0.05) is 22.3 Å². The molecule has 8 aromatic rings. The highest BCUT2D eigenvalue weighted by Crippen LogP contribution is 2.42. The van der Waals surface area contributed by atoms with Gasteiger partial charge in [-0.15, -0.1) is 23.2 Å². The summed E-state index contributed by atoms with van der Waals surface area (Å²) in [5, 5.41) is 19.5. The fraction of sp³-hybridized carbons (Fsp3) is 0.368. The summed E-state index contributed by atoms with van der Waals surface area (Å²) in [4.78, 5) is 0. The number of aliphatic hydroxyl groups is 2. The van der Waals surface area contributed by atoms with E-state index in [9.17, 15) is 27.8 Å². The van der Waals surface area contributed by atoms with Crippen LogP contribution in [-0.2, 0) is 21.7 Å². The molecular formula is C76H90Cl2F4O6. The molecule has 0 saturated heterocycles. The van der Waals surface area contributed by atoms with E-state index in [2.05, 4.69) is 95.2 Å². The van der Waals surface area contributed by atoms with Crippen LogP contribution in [0.25, 0.3) is 44.5 Å². The minimum Gasteiger partial charge on any atom is -0.497 e. The van der Waals surface area contributed by atoms with Crippen LogP contribution in [0.2, 0.25) is 0 Å². The fourth-order valence-electron chi connectivity index (χ4n) is 10.0. The van der Waals surface area contributed by atoms with Gasteiger partial charge in [-0.25, -0.2) is 17.6 Å². The van der Waals surface area contributed by atoms with Crippen LogP contribution in [0.4, 0.5) is 17.6 Å². The van der Waals surface area contributed by atoms with Crippen LogP contribution < -0.4 is 18.9 Å². The fourth-order valence-corrected chi connectivity index (χ4v) is 10.3. The van der Waals surface area contributed by atoms with Crippen LogP contribution >= 0.6 is 23.2 Å². The topological polar surface area (TPSA) is 77.4 Å². The van der Waals surface area contributed by atoms with Crippen molar-refractivity contribution in [2.24, 2.45) is 0 Å². The number of methoxy groups -OCH3 is 4. The smallest absolute Gasteiger partial charge is 0.131 e. The summed E-state index contributed by atoms with van der Waals surface area (Å²) in [7, 11) is 6.30. The lowest BCUT2D eigenvalue weighted by Crippen LogP contribution is -2.14. The molecule has 0 fully saturated rings. The summed E-state index contributed by atoms with van der Waals surface area (Å²) in [5.74, 6) is 1.46. The van der Waals surface area contributed by atoms with E-state index in [1.807, 2.05) is 74.5 Å². The maximum absolute atomic E-state index is 14.3. The SMILES string of the molecule is COc1ccc(F)c(-c2ccc([C@@H](C)Cl)cc2C(C)(C)C)c1.COc1ccc(F)c(-c2ccc([C@@H](C)O)cc2C(C)(C)C)c1.COc1ccc(F)c(-c2ccc([C@H](C)Cl)cc2C(C)(C)C)c1.COc1ccc(F)c(-c2ccc([C@H](C)O)cc2C(C)(C)C)c1. The Morgan fingerprint density at radius 1 is 0.295 bits per heavy atom. The number of aliphatic hydroxyl groups excluding tert-OH is 2. The van der Waals surface area contributed by atoms with E-state index in [0.717, 1.165) is 66.8 Å². The first-order valence-corrected chi connectivity index (χ1v) is 30.4. The van der Waals surface area contributed by atoms with Gasteiger partial charge in [0.15, 0.2) is 0 Å². The molecule has 0 aliphatic rings. The maximum atomic E-state index is 14.3. The highest BCUT2D eigenvalue weighted by atomic mass is 35.5. The third-order valence-corrected chi connectivity index (χ3v) is 15.6. The number of rotatable bonds is 12. The third kappa shape index (κ3) is 18.6. The number of hydrogen-bond donors (Lipinski definition) is 2. The molecule has 0 unspecified atom stereocenters. The Bertz CT molecular complexity index is 3160. The Morgan fingerprint density at radius 3 is 0.659 bits per heavy atom. The number of benzene rings is 8. The van der Waals surface area contributed by atoms with Crippen molar-refractivity contribution >= 4 is 23.2 Å². The maximum Gasteiger partial charge on any atom is 0.131 e. The van der Waals surface area contributed by atoms with Gasteiger partial charge in [0.1, 0.15) is 46.3 Å². The Morgan fingerprint density at radius 2 is 0.489 bits per heavy atom. The van der Waals surface area contributed by atoms with Crippen molar-refractivity contribution in [3.8, 4) is 67.5 Å². The average Bonchev–Trinajstić information content (AvgIpc) is 2.40. The molecule has 6 nitrogen and oxygen atoms in total. The van der Waals surface area contributed by atoms with Crippen molar-refractivity contribution in [3.63, 3.8) is 0 Å². The quantitative estimate of drug-likeness (QED) is 0.0938. The zero-order valence-electron chi connectivity index (χ0n) is 55.0. The summed E-state index contributed by atoms with van der Waals surface area (Å²) in [5.41, 5.74) is 12.9. The lowest BCUT2D eigenvalue weighted by molar-refractivity contribution is 0.198. The molecule has 2 N–H and O–H groups in total. The summed E-state index contributed by atoms with van der Waals surface area (Å²) >= 11 is 12.4. The van der Waals surface area contributed by atoms with Crippen molar-refractivity contribution in [2.45, 2.75) is 155 Å². The number of halogens is 6. The molecule has 472 valence electrons. The average molecular weight is 1250 g/mol. The molecule has 0 aromatic heterocycles. The third-order valence-electron chi connectivity index (χ3n) is 15.1. The second-order valence-corrected chi connectivity index (χ2v) is 27.5. The van der Waals surface area contributed by atoms with Crippen LogP contribution in [0, 0.1) is 23.3 Å². The van der Waals surface area contributed by atoms with Gasteiger partial charge in [-0.05, 0) is 189 Å². The molecular weight excluding hydrogens is 1160 g/mol. The van der Waals surface area contributed by atoms with Crippen molar-refractivity contribution < 1.29 is 46.7 Å². The largest absolute Gasteiger partial charge is 0.497 e. The number of hydrogen-bond acceptors (Lipinski definition) is 6. The zero-order valence-corrected chi connectivity index (χ0v) is 56.5. The lowest BCUT2D eigenvalue weighted by atomic mass is 9.80.